The zero-order valence-electron chi connectivity index (χ0n) is 13.8. The molecule has 128 valence electrons. The fourth-order valence-corrected chi connectivity index (χ4v) is 2.36. The van der Waals surface area contributed by atoms with Gasteiger partial charge in [0.1, 0.15) is 5.82 Å². The molecule has 0 aliphatic carbocycles. The van der Waals surface area contributed by atoms with Crippen LogP contribution in [0, 0.1) is 5.82 Å². The van der Waals surface area contributed by atoms with E-state index < -0.39 is 11.8 Å². The van der Waals surface area contributed by atoms with Crippen molar-refractivity contribution in [1.29, 1.82) is 0 Å². The number of carbonyl (C=O) groups is 1. The first-order valence-corrected chi connectivity index (χ1v) is 7.70. The SMILES string of the molecule is CCOc1ccc(/C=C2\N=C(c3cccc(F)c3)OC2=O)cc1OC. The highest BCUT2D eigenvalue weighted by atomic mass is 19.1. The molecule has 5 nitrogen and oxygen atoms in total. The van der Waals surface area contributed by atoms with Gasteiger partial charge in [-0.15, -0.1) is 0 Å². The van der Waals surface area contributed by atoms with Crippen molar-refractivity contribution < 1.29 is 23.4 Å². The second-order valence-electron chi connectivity index (χ2n) is 5.19. The highest BCUT2D eigenvalue weighted by Crippen LogP contribution is 2.29. The van der Waals surface area contributed by atoms with Crippen LogP contribution >= 0.6 is 0 Å². The number of benzene rings is 2. The fraction of sp³-hybridized carbons (Fsp3) is 0.158. The van der Waals surface area contributed by atoms with Crippen molar-refractivity contribution >= 4 is 17.9 Å². The number of carbonyl (C=O) groups excluding carboxylic acids is 1. The maximum atomic E-state index is 13.3. The molecule has 2 aromatic rings. The van der Waals surface area contributed by atoms with Gasteiger partial charge in [-0.3, -0.25) is 0 Å². The van der Waals surface area contributed by atoms with Gasteiger partial charge in [-0.25, -0.2) is 14.2 Å². The highest BCUT2D eigenvalue weighted by Gasteiger charge is 2.24. The van der Waals surface area contributed by atoms with Crippen LogP contribution in [0.4, 0.5) is 4.39 Å². The van der Waals surface area contributed by atoms with Crippen molar-refractivity contribution in [1.82, 2.24) is 0 Å². The van der Waals surface area contributed by atoms with E-state index in [1.165, 1.54) is 18.2 Å². The molecule has 0 unspecified atom stereocenters. The first kappa shape index (κ1) is 16.7. The number of aliphatic imine (C=N–C) groups is 1. The number of hydrogen-bond acceptors (Lipinski definition) is 5. The molecule has 0 bridgehead atoms. The summed E-state index contributed by atoms with van der Waals surface area (Å²) in [5, 5.41) is 0. The summed E-state index contributed by atoms with van der Waals surface area (Å²) in [6, 6.07) is 11.0. The van der Waals surface area contributed by atoms with Crippen LogP contribution in [0.5, 0.6) is 11.5 Å². The summed E-state index contributed by atoms with van der Waals surface area (Å²) >= 11 is 0. The number of cyclic esters (lactones) is 1. The van der Waals surface area contributed by atoms with Crippen molar-refractivity contribution in [2.45, 2.75) is 6.92 Å². The van der Waals surface area contributed by atoms with Crippen LogP contribution in [0.1, 0.15) is 18.1 Å². The predicted octanol–water partition coefficient (Wildman–Crippen LogP) is 3.58. The molecule has 0 radical (unpaired) electrons. The normalized spacial score (nSPS) is 15.1. The van der Waals surface area contributed by atoms with E-state index in [9.17, 15) is 9.18 Å². The molecule has 1 heterocycles. The summed E-state index contributed by atoms with van der Waals surface area (Å²) in [5.74, 6) is 0.229. The molecular weight excluding hydrogens is 325 g/mol. The van der Waals surface area contributed by atoms with Gasteiger partial charge in [0.15, 0.2) is 17.2 Å². The van der Waals surface area contributed by atoms with Crippen molar-refractivity contribution in [3.63, 3.8) is 0 Å². The quantitative estimate of drug-likeness (QED) is 0.616. The molecule has 0 spiro atoms. The van der Waals surface area contributed by atoms with E-state index in [1.54, 1.807) is 37.5 Å². The standard InChI is InChI=1S/C19H16FNO4/c1-3-24-16-8-7-12(10-17(16)23-2)9-15-19(22)25-18(21-15)13-5-4-6-14(20)11-13/h4-11H,3H2,1-2H3/b15-9-. The van der Waals surface area contributed by atoms with Gasteiger partial charge in [-0.05, 0) is 48.9 Å². The molecule has 1 aliphatic heterocycles. The van der Waals surface area contributed by atoms with Gasteiger partial charge in [-0.1, -0.05) is 12.1 Å². The van der Waals surface area contributed by atoms with E-state index in [1.807, 2.05) is 6.92 Å². The number of nitrogens with zero attached hydrogens (tertiary/aromatic N) is 1. The molecule has 0 saturated carbocycles. The number of ether oxygens (including phenoxy) is 3. The fourth-order valence-electron chi connectivity index (χ4n) is 2.36. The minimum absolute atomic E-state index is 0.0775. The summed E-state index contributed by atoms with van der Waals surface area (Å²) < 4.78 is 29.2. The maximum absolute atomic E-state index is 13.3. The van der Waals surface area contributed by atoms with Gasteiger partial charge in [0.25, 0.3) is 0 Å². The van der Waals surface area contributed by atoms with Crippen LogP contribution < -0.4 is 9.47 Å². The maximum Gasteiger partial charge on any atom is 0.363 e. The number of methoxy groups -OCH3 is 1. The Balaban J connectivity index is 1.91. The van der Waals surface area contributed by atoms with E-state index in [0.717, 1.165) is 0 Å². The van der Waals surface area contributed by atoms with E-state index in [4.69, 9.17) is 14.2 Å². The van der Waals surface area contributed by atoms with Gasteiger partial charge in [0.2, 0.25) is 5.90 Å². The Labute approximate surface area is 144 Å². The summed E-state index contributed by atoms with van der Waals surface area (Å²) in [6.45, 7) is 2.40. The molecule has 0 saturated heterocycles. The van der Waals surface area contributed by atoms with E-state index in [-0.39, 0.29) is 11.6 Å². The Kier molecular flexibility index (Phi) is 4.79. The topological polar surface area (TPSA) is 57.1 Å². The predicted molar refractivity (Wildman–Crippen MR) is 91.2 cm³/mol. The van der Waals surface area contributed by atoms with E-state index >= 15 is 0 Å². The zero-order chi connectivity index (χ0) is 17.8. The van der Waals surface area contributed by atoms with Crippen molar-refractivity contribution in [3.8, 4) is 11.5 Å². The van der Waals surface area contributed by atoms with Crippen molar-refractivity contribution in [3.05, 3.63) is 65.1 Å². The lowest BCUT2D eigenvalue weighted by Crippen LogP contribution is -2.05. The summed E-state index contributed by atoms with van der Waals surface area (Å²) in [5.41, 5.74) is 1.24. The first-order chi connectivity index (χ1) is 12.1. The molecule has 2 aromatic carbocycles. The number of rotatable bonds is 5. The smallest absolute Gasteiger partial charge is 0.363 e. The van der Waals surface area contributed by atoms with Crippen LogP contribution in [0.15, 0.2) is 53.2 Å². The molecule has 25 heavy (non-hydrogen) atoms. The molecule has 6 heteroatoms. The Morgan fingerprint density at radius 3 is 2.76 bits per heavy atom. The Bertz CT molecular complexity index is 873. The monoisotopic (exact) mass is 341 g/mol. The third kappa shape index (κ3) is 3.68. The van der Waals surface area contributed by atoms with Gasteiger partial charge in [0.05, 0.1) is 13.7 Å². The third-order valence-corrected chi connectivity index (χ3v) is 3.48. The van der Waals surface area contributed by atoms with Crippen LogP contribution in [-0.4, -0.2) is 25.6 Å². The van der Waals surface area contributed by atoms with Crippen LogP contribution in [0.2, 0.25) is 0 Å². The number of halogens is 1. The Morgan fingerprint density at radius 1 is 1.20 bits per heavy atom. The average molecular weight is 341 g/mol. The minimum Gasteiger partial charge on any atom is -0.493 e. The molecule has 3 rings (SSSR count). The molecule has 0 aromatic heterocycles. The summed E-state index contributed by atoms with van der Waals surface area (Å²) in [7, 11) is 1.54. The molecule has 0 amide bonds. The van der Waals surface area contributed by atoms with Gasteiger partial charge < -0.3 is 14.2 Å². The molecule has 0 atom stereocenters. The third-order valence-electron chi connectivity index (χ3n) is 3.48. The second-order valence-corrected chi connectivity index (χ2v) is 5.19. The van der Waals surface area contributed by atoms with Crippen molar-refractivity contribution in [2.75, 3.05) is 13.7 Å². The summed E-state index contributed by atoms with van der Waals surface area (Å²) in [6.07, 6.45) is 1.58. The summed E-state index contributed by atoms with van der Waals surface area (Å²) in [4.78, 5) is 16.2. The van der Waals surface area contributed by atoms with E-state index in [2.05, 4.69) is 4.99 Å². The lowest BCUT2D eigenvalue weighted by atomic mass is 10.1. The van der Waals surface area contributed by atoms with E-state index in [0.29, 0.717) is 29.2 Å². The molecule has 1 aliphatic rings. The lowest BCUT2D eigenvalue weighted by Gasteiger charge is -2.09. The lowest BCUT2D eigenvalue weighted by molar-refractivity contribution is -0.129. The number of hydrogen-bond donors (Lipinski definition) is 0. The highest BCUT2D eigenvalue weighted by molar-refractivity contribution is 6.12. The number of esters is 1. The van der Waals surface area contributed by atoms with Gasteiger partial charge in [0, 0.05) is 5.56 Å². The molecular formula is C19H16FNO4. The van der Waals surface area contributed by atoms with Crippen LogP contribution in [0.3, 0.4) is 0 Å². The van der Waals surface area contributed by atoms with Crippen LogP contribution in [0.25, 0.3) is 6.08 Å². The van der Waals surface area contributed by atoms with Crippen LogP contribution in [-0.2, 0) is 9.53 Å². The Hall–Kier alpha value is -3.15. The zero-order valence-corrected chi connectivity index (χ0v) is 13.8. The average Bonchev–Trinajstić information content (AvgIpc) is 2.97. The molecule has 0 N–H and O–H groups in total. The Morgan fingerprint density at radius 2 is 2.04 bits per heavy atom. The molecule has 0 fully saturated rings. The van der Waals surface area contributed by atoms with Gasteiger partial charge >= 0.3 is 5.97 Å². The first-order valence-electron chi connectivity index (χ1n) is 7.70. The largest absolute Gasteiger partial charge is 0.493 e. The van der Waals surface area contributed by atoms with Crippen molar-refractivity contribution in [2.24, 2.45) is 4.99 Å². The minimum atomic E-state index is -0.591. The van der Waals surface area contributed by atoms with Gasteiger partial charge in [-0.2, -0.15) is 0 Å². The second kappa shape index (κ2) is 7.17.